The zero-order chi connectivity index (χ0) is 20.1. The number of rotatable bonds is 6. The van der Waals surface area contributed by atoms with Crippen LogP contribution in [0.1, 0.15) is 38.0 Å². The number of pyridine rings is 1. The number of carbonyl (C=O) groups is 1. The van der Waals surface area contributed by atoms with Crippen LogP contribution in [0.5, 0.6) is 0 Å². The van der Waals surface area contributed by atoms with Gasteiger partial charge in [-0.1, -0.05) is 5.16 Å². The van der Waals surface area contributed by atoms with E-state index >= 15 is 0 Å². The Balaban J connectivity index is 1.32. The Hall–Kier alpha value is -2.32. The van der Waals surface area contributed by atoms with Gasteiger partial charge >= 0.3 is 0 Å². The van der Waals surface area contributed by atoms with Crippen LogP contribution in [-0.2, 0) is 20.7 Å². The fourth-order valence-electron chi connectivity index (χ4n) is 4.36. The van der Waals surface area contributed by atoms with E-state index in [4.69, 9.17) is 14.0 Å². The van der Waals surface area contributed by atoms with Crippen LogP contribution in [0.4, 0.5) is 0 Å². The lowest BCUT2D eigenvalue weighted by Gasteiger charge is -2.46. The third-order valence-corrected chi connectivity index (χ3v) is 5.99. The molecule has 4 heterocycles. The quantitative estimate of drug-likeness (QED) is 0.736. The largest absolute Gasteiger partial charge is 0.384 e. The van der Waals surface area contributed by atoms with Crippen LogP contribution >= 0.6 is 0 Å². The lowest BCUT2D eigenvalue weighted by Crippen LogP contribution is -2.51. The van der Waals surface area contributed by atoms with Crippen molar-refractivity contribution in [3.8, 4) is 11.4 Å². The van der Waals surface area contributed by atoms with E-state index in [1.165, 1.54) is 0 Å². The molecule has 156 valence electrons. The molecule has 2 aromatic heterocycles. The number of piperidine rings is 1. The summed E-state index contributed by atoms with van der Waals surface area (Å²) in [4.78, 5) is 22.8. The van der Waals surface area contributed by atoms with E-state index < -0.39 is 0 Å². The standard InChI is InChI=1S/C21H28N4O4/c1-27-11-5-19(26)25-9-6-21(7-10-25)14-16(4-12-28-21)13-18-23-20(24-29-18)17-3-2-8-22-15-17/h2-3,8,15-16H,4-7,9-14H2,1H3. The second kappa shape index (κ2) is 9.00. The second-order valence-electron chi connectivity index (χ2n) is 7.97. The van der Waals surface area contributed by atoms with Crippen molar-refractivity contribution >= 4 is 5.91 Å². The highest BCUT2D eigenvalue weighted by molar-refractivity contribution is 5.76. The van der Waals surface area contributed by atoms with E-state index in [0.29, 0.717) is 30.7 Å². The van der Waals surface area contributed by atoms with Gasteiger partial charge < -0.3 is 18.9 Å². The highest BCUT2D eigenvalue weighted by atomic mass is 16.5. The number of amides is 1. The highest BCUT2D eigenvalue weighted by Gasteiger charge is 2.41. The minimum atomic E-state index is -0.132. The van der Waals surface area contributed by atoms with Crippen molar-refractivity contribution in [1.29, 1.82) is 0 Å². The van der Waals surface area contributed by atoms with E-state index in [1.54, 1.807) is 19.5 Å². The zero-order valence-corrected chi connectivity index (χ0v) is 16.9. The Kier molecular flexibility index (Phi) is 6.20. The molecule has 0 bridgehead atoms. The summed E-state index contributed by atoms with van der Waals surface area (Å²) in [6.45, 7) is 2.72. The van der Waals surface area contributed by atoms with Crippen molar-refractivity contribution in [2.45, 2.75) is 44.1 Å². The van der Waals surface area contributed by atoms with Crippen molar-refractivity contribution in [2.24, 2.45) is 5.92 Å². The number of hydrogen-bond acceptors (Lipinski definition) is 7. The Morgan fingerprint density at radius 1 is 1.38 bits per heavy atom. The van der Waals surface area contributed by atoms with Crippen LogP contribution in [0.2, 0.25) is 0 Å². The summed E-state index contributed by atoms with van der Waals surface area (Å²) in [5, 5.41) is 4.10. The summed E-state index contributed by atoms with van der Waals surface area (Å²) in [7, 11) is 1.62. The maximum atomic E-state index is 12.2. The fourth-order valence-corrected chi connectivity index (χ4v) is 4.36. The number of nitrogens with zero attached hydrogens (tertiary/aromatic N) is 4. The van der Waals surface area contributed by atoms with Crippen LogP contribution in [0.15, 0.2) is 29.0 Å². The molecule has 0 N–H and O–H groups in total. The second-order valence-corrected chi connectivity index (χ2v) is 7.97. The van der Waals surface area contributed by atoms with Gasteiger partial charge in [0.05, 0.1) is 18.6 Å². The molecule has 2 aromatic rings. The van der Waals surface area contributed by atoms with Crippen molar-refractivity contribution < 1.29 is 18.8 Å². The van der Waals surface area contributed by atoms with Gasteiger partial charge in [-0.2, -0.15) is 4.98 Å². The Morgan fingerprint density at radius 2 is 2.24 bits per heavy atom. The van der Waals surface area contributed by atoms with Gasteiger partial charge in [-0.05, 0) is 43.7 Å². The summed E-state index contributed by atoms with van der Waals surface area (Å²) in [6, 6.07) is 3.78. The molecule has 2 aliphatic heterocycles. The number of methoxy groups -OCH3 is 1. The van der Waals surface area contributed by atoms with Crippen LogP contribution in [0, 0.1) is 5.92 Å². The Morgan fingerprint density at radius 3 is 3.00 bits per heavy atom. The topological polar surface area (TPSA) is 90.6 Å². The number of carbonyl (C=O) groups excluding carboxylic acids is 1. The molecule has 0 aliphatic carbocycles. The monoisotopic (exact) mass is 400 g/mol. The first-order chi connectivity index (χ1) is 14.2. The normalized spacial score (nSPS) is 21.4. The summed E-state index contributed by atoms with van der Waals surface area (Å²) in [5.74, 6) is 1.86. The third kappa shape index (κ3) is 4.82. The molecule has 29 heavy (non-hydrogen) atoms. The number of aromatic nitrogens is 3. The molecule has 1 amide bonds. The highest BCUT2D eigenvalue weighted by Crippen LogP contribution is 2.38. The molecular formula is C21H28N4O4. The first-order valence-corrected chi connectivity index (χ1v) is 10.3. The first-order valence-electron chi connectivity index (χ1n) is 10.3. The molecule has 0 saturated carbocycles. The van der Waals surface area contributed by atoms with Gasteiger partial charge in [-0.15, -0.1) is 0 Å². The maximum absolute atomic E-state index is 12.2. The lowest BCUT2D eigenvalue weighted by molar-refractivity contribution is -0.147. The molecule has 2 saturated heterocycles. The summed E-state index contributed by atoms with van der Waals surface area (Å²) in [6.07, 6.45) is 8.39. The predicted molar refractivity (Wildman–Crippen MR) is 105 cm³/mol. The Bertz CT molecular complexity index is 802. The molecule has 1 spiro atoms. The van der Waals surface area contributed by atoms with Gasteiger partial charge in [-0.3, -0.25) is 9.78 Å². The van der Waals surface area contributed by atoms with E-state index in [2.05, 4.69) is 15.1 Å². The van der Waals surface area contributed by atoms with Gasteiger partial charge in [0.1, 0.15) is 0 Å². The van der Waals surface area contributed by atoms with Crippen molar-refractivity contribution in [3.05, 3.63) is 30.4 Å². The number of hydrogen-bond donors (Lipinski definition) is 0. The number of ether oxygens (including phenoxy) is 2. The van der Waals surface area contributed by atoms with Crippen molar-refractivity contribution in [1.82, 2.24) is 20.0 Å². The van der Waals surface area contributed by atoms with Crippen LogP contribution in [0.25, 0.3) is 11.4 Å². The molecular weight excluding hydrogens is 372 g/mol. The van der Waals surface area contributed by atoms with Gasteiger partial charge in [0.25, 0.3) is 0 Å². The van der Waals surface area contributed by atoms with Crippen LogP contribution in [0.3, 0.4) is 0 Å². The third-order valence-electron chi connectivity index (χ3n) is 5.99. The van der Waals surface area contributed by atoms with Crippen LogP contribution < -0.4 is 0 Å². The van der Waals surface area contributed by atoms with Gasteiger partial charge in [0, 0.05) is 51.2 Å². The summed E-state index contributed by atoms with van der Waals surface area (Å²) < 4.78 is 16.7. The molecule has 8 heteroatoms. The zero-order valence-electron chi connectivity index (χ0n) is 16.9. The number of likely N-dealkylation sites (tertiary alicyclic amines) is 1. The van der Waals surface area contributed by atoms with Crippen molar-refractivity contribution in [2.75, 3.05) is 33.4 Å². The van der Waals surface area contributed by atoms with Gasteiger partial charge in [0.15, 0.2) is 0 Å². The Labute approximate surface area is 170 Å². The molecule has 0 radical (unpaired) electrons. The molecule has 4 rings (SSSR count). The van der Waals surface area contributed by atoms with Gasteiger partial charge in [-0.25, -0.2) is 0 Å². The SMILES string of the molecule is COCCC(=O)N1CCC2(CC1)CC(Cc1nc(-c3cccnc3)no1)CCO2. The fraction of sp³-hybridized carbons (Fsp3) is 0.619. The molecule has 1 unspecified atom stereocenters. The first kappa shape index (κ1) is 20.0. The average Bonchev–Trinajstić information content (AvgIpc) is 3.22. The average molecular weight is 400 g/mol. The van der Waals surface area contributed by atoms with Gasteiger partial charge in [0.2, 0.25) is 17.6 Å². The van der Waals surface area contributed by atoms with Crippen LogP contribution in [-0.4, -0.2) is 64.9 Å². The van der Waals surface area contributed by atoms with E-state index in [9.17, 15) is 4.79 Å². The minimum Gasteiger partial charge on any atom is -0.384 e. The summed E-state index contributed by atoms with van der Waals surface area (Å²) in [5.41, 5.74) is 0.726. The maximum Gasteiger partial charge on any atom is 0.227 e. The minimum absolute atomic E-state index is 0.132. The molecule has 1 atom stereocenters. The molecule has 0 aromatic carbocycles. The van der Waals surface area contributed by atoms with E-state index in [1.807, 2.05) is 17.0 Å². The predicted octanol–water partition coefficient (Wildman–Crippen LogP) is 2.50. The summed E-state index contributed by atoms with van der Waals surface area (Å²) >= 11 is 0. The van der Waals surface area contributed by atoms with E-state index in [0.717, 1.165) is 57.4 Å². The van der Waals surface area contributed by atoms with E-state index in [-0.39, 0.29) is 11.5 Å². The molecule has 8 nitrogen and oxygen atoms in total. The molecule has 2 aliphatic rings. The molecule has 2 fully saturated rings. The van der Waals surface area contributed by atoms with Crippen molar-refractivity contribution in [3.63, 3.8) is 0 Å². The lowest BCUT2D eigenvalue weighted by atomic mass is 9.78. The smallest absolute Gasteiger partial charge is 0.227 e.